The molecule has 0 atom stereocenters. The summed E-state index contributed by atoms with van der Waals surface area (Å²) in [5, 5.41) is 10.4. The zero-order chi connectivity index (χ0) is 28.5. The molecule has 0 aliphatic rings. The van der Waals surface area contributed by atoms with Gasteiger partial charge in [0.15, 0.2) is 6.20 Å². The molecule has 1 heterocycles. The number of pyridine rings is 1. The number of halogens is 2. The van der Waals surface area contributed by atoms with Gasteiger partial charge in [0.1, 0.15) is 18.0 Å². The summed E-state index contributed by atoms with van der Waals surface area (Å²) in [4.78, 5) is 0. The van der Waals surface area contributed by atoms with E-state index in [-0.39, 0.29) is 17.0 Å². The molecule has 0 aliphatic carbocycles. The van der Waals surface area contributed by atoms with Crippen LogP contribution < -0.4 is 26.3 Å². The molecule has 5 heteroatoms. The first kappa shape index (κ1) is 33.2. The summed E-state index contributed by atoms with van der Waals surface area (Å²) in [5.41, 5.74) is 4.46. The Morgan fingerprint density at radius 2 is 1.24 bits per heavy atom. The predicted molar refractivity (Wildman–Crippen MR) is 173 cm³/mol. The molecule has 4 aromatic rings. The highest BCUT2D eigenvalue weighted by Gasteiger charge is 2.06. The van der Waals surface area contributed by atoms with Crippen molar-refractivity contribution in [3.63, 3.8) is 0 Å². The van der Waals surface area contributed by atoms with Crippen molar-refractivity contribution >= 4 is 35.9 Å². The Hall–Kier alpha value is -3.34. The fraction of sp³-hybridized carbons (Fsp3) is 0.270. The summed E-state index contributed by atoms with van der Waals surface area (Å²) in [6.07, 6.45) is 20.4. The summed E-state index contributed by atoms with van der Waals surface area (Å²) in [6.45, 7) is 1.80. The van der Waals surface area contributed by atoms with Crippen LogP contribution in [0.2, 0.25) is 5.02 Å². The minimum absolute atomic E-state index is 0. The number of aromatic hydroxyl groups is 1. The Kier molecular flexibility index (Phi) is 15.0. The number of aryl methyl sites for hydroxylation is 1. The normalized spacial score (nSPS) is 11.2. The van der Waals surface area contributed by atoms with E-state index in [9.17, 15) is 5.11 Å². The van der Waals surface area contributed by atoms with E-state index in [1.807, 2.05) is 48.5 Å². The van der Waals surface area contributed by atoms with Gasteiger partial charge in [0.25, 0.3) is 0 Å². The third-order valence-electron chi connectivity index (χ3n) is 7.07. The number of nitrogens with zero attached hydrogens (tertiary/aromatic N) is 1. The van der Waals surface area contributed by atoms with E-state index in [2.05, 4.69) is 65.4 Å². The number of ether oxygens (including phenoxy) is 1. The smallest absolute Gasteiger partial charge is 0.205 e. The number of unbranched alkanes of at least 4 members (excludes halogenated alkanes) is 7. The monoisotopic (exact) mass is 645 g/mol. The minimum atomic E-state index is 0. The third-order valence-corrected chi connectivity index (χ3v) is 7.32. The van der Waals surface area contributed by atoms with Crippen LogP contribution in [0, 0.1) is 0 Å². The summed E-state index contributed by atoms with van der Waals surface area (Å²) in [7, 11) is 0. The Morgan fingerprint density at radius 3 is 1.93 bits per heavy atom. The van der Waals surface area contributed by atoms with Gasteiger partial charge in [-0.2, -0.15) is 4.57 Å². The van der Waals surface area contributed by atoms with Crippen molar-refractivity contribution < 1.29 is 31.4 Å². The van der Waals surface area contributed by atoms with Gasteiger partial charge in [0.05, 0.1) is 6.61 Å². The summed E-state index contributed by atoms with van der Waals surface area (Å²) in [6, 6.07) is 29.7. The van der Waals surface area contributed by atoms with Crippen molar-refractivity contribution in [2.75, 3.05) is 6.61 Å². The second kappa shape index (κ2) is 19.0. The zero-order valence-electron chi connectivity index (χ0n) is 24.2. The topological polar surface area (TPSA) is 33.3 Å². The molecule has 0 radical (unpaired) electrons. The number of aromatic nitrogens is 1. The maximum Gasteiger partial charge on any atom is 0.205 e. The number of hydrogen-bond donors (Lipinski definition) is 1. The van der Waals surface area contributed by atoms with Crippen LogP contribution >= 0.6 is 11.6 Å². The summed E-state index contributed by atoms with van der Waals surface area (Å²) >= 11 is 5.95. The molecular formula is C37H41BrClNO2. The van der Waals surface area contributed by atoms with Crippen LogP contribution in [0.3, 0.4) is 0 Å². The highest BCUT2D eigenvalue weighted by Crippen LogP contribution is 2.17. The Bertz CT molecular complexity index is 1380. The molecule has 0 amide bonds. The molecule has 4 rings (SSSR count). The van der Waals surface area contributed by atoms with Crippen molar-refractivity contribution in [2.45, 2.75) is 57.9 Å². The van der Waals surface area contributed by atoms with Crippen LogP contribution in [0.15, 0.2) is 97.2 Å². The molecular weight excluding hydrogens is 606 g/mol. The quantitative estimate of drug-likeness (QED) is 0.0819. The standard InChI is InChI=1S/C37H40ClNO2.BrH/c38-34-22-17-31(18-23-34)15-16-32-20-25-37(26-21-32)41-29-10-6-4-2-1-3-5-8-27-39-28-9-7-13-35(39)24-19-33-12-11-14-36(40)30-33;/h7,9,11-26,28,30H,1-6,8,10,27,29H2;1H/b16-15+,24-19+;. The van der Waals surface area contributed by atoms with Crippen molar-refractivity contribution in [3.05, 3.63) is 125 Å². The largest absolute Gasteiger partial charge is 1.00 e. The van der Waals surface area contributed by atoms with Crippen molar-refractivity contribution in [2.24, 2.45) is 0 Å². The second-order valence-corrected chi connectivity index (χ2v) is 10.8. The molecule has 0 fully saturated rings. The highest BCUT2D eigenvalue weighted by molar-refractivity contribution is 6.30. The molecule has 0 aliphatic heterocycles. The van der Waals surface area contributed by atoms with E-state index in [4.69, 9.17) is 16.3 Å². The number of rotatable bonds is 16. The van der Waals surface area contributed by atoms with Gasteiger partial charge in [0, 0.05) is 29.7 Å². The van der Waals surface area contributed by atoms with Crippen LogP contribution in [-0.4, -0.2) is 11.7 Å². The molecule has 0 unspecified atom stereocenters. The number of phenolic OH excluding ortho intramolecular Hbond substituents is 1. The average molecular weight is 647 g/mol. The minimum Gasteiger partial charge on any atom is -1.00 e. The lowest BCUT2D eigenvalue weighted by Gasteiger charge is -2.06. The van der Waals surface area contributed by atoms with Gasteiger partial charge in [-0.25, -0.2) is 0 Å². The van der Waals surface area contributed by atoms with Gasteiger partial charge in [-0.3, -0.25) is 0 Å². The van der Waals surface area contributed by atoms with E-state index in [1.165, 1.54) is 50.6 Å². The molecule has 0 spiro atoms. The number of benzene rings is 3. The lowest BCUT2D eigenvalue weighted by Crippen LogP contribution is -3.00. The van der Waals surface area contributed by atoms with E-state index in [0.29, 0.717) is 5.75 Å². The van der Waals surface area contributed by atoms with Crippen molar-refractivity contribution in [1.82, 2.24) is 0 Å². The van der Waals surface area contributed by atoms with Gasteiger partial charge < -0.3 is 26.8 Å². The molecule has 1 aromatic heterocycles. The van der Waals surface area contributed by atoms with E-state index >= 15 is 0 Å². The number of hydrogen-bond acceptors (Lipinski definition) is 2. The molecule has 42 heavy (non-hydrogen) atoms. The van der Waals surface area contributed by atoms with Crippen molar-refractivity contribution in [3.8, 4) is 11.5 Å². The van der Waals surface area contributed by atoms with E-state index in [0.717, 1.165) is 47.0 Å². The Labute approximate surface area is 266 Å². The van der Waals surface area contributed by atoms with Gasteiger partial charge in [0.2, 0.25) is 5.69 Å². The van der Waals surface area contributed by atoms with E-state index < -0.39 is 0 Å². The number of phenols is 1. The second-order valence-electron chi connectivity index (χ2n) is 10.4. The van der Waals surface area contributed by atoms with Crippen molar-refractivity contribution in [1.29, 1.82) is 0 Å². The van der Waals surface area contributed by atoms with Gasteiger partial charge in [-0.15, -0.1) is 0 Å². The van der Waals surface area contributed by atoms with Crippen LogP contribution in [0.1, 0.15) is 73.8 Å². The van der Waals surface area contributed by atoms with Gasteiger partial charge >= 0.3 is 0 Å². The fourth-order valence-corrected chi connectivity index (χ4v) is 4.86. The predicted octanol–water partition coefficient (Wildman–Crippen LogP) is 6.88. The molecule has 1 N–H and O–H groups in total. The first-order chi connectivity index (χ1) is 20.2. The Balaban J connectivity index is 0.00000484. The Morgan fingerprint density at radius 1 is 0.619 bits per heavy atom. The molecule has 0 saturated heterocycles. The molecule has 3 aromatic carbocycles. The average Bonchev–Trinajstić information content (AvgIpc) is 2.99. The third kappa shape index (κ3) is 12.3. The SMILES string of the molecule is Oc1cccc(/C=C/c2cccc[n+]2CCCCCCCCCCOc2ccc(/C=C/c3ccc(Cl)cc3)cc2)c1.[Br-]. The van der Waals surface area contributed by atoms with Crippen LogP contribution in [-0.2, 0) is 6.54 Å². The summed E-state index contributed by atoms with van der Waals surface area (Å²) < 4.78 is 8.25. The molecule has 0 bridgehead atoms. The van der Waals surface area contributed by atoms with Crippen LogP contribution in [0.4, 0.5) is 0 Å². The lowest BCUT2D eigenvalue weighted by molar-refractivity contribution is -0.699. The van der Waals surface area contributed by atoms with Crippen LogP contribution in [0.25, 0.3) is 24.3 Å². The maximum atomic E-state index is 9.67. The van der Waals surface area contributed by atoms with Gasteiger partial charge in [-0.1, -0.05) is 92.3 Å². The fourth-order valence-electron chi connectivity index (χ4n) is 4.73. The molecule has 3 nitrogen and oxygen atoms in total. The molecule has 0 saturated carbocycles. The van der Waals surface area contributed by atoms with Gasteiger partial charge in [-0.05, 0) is 78.1 Å². The first-order valence-electron chi connectivity index (χ1n) is 14.8. The zero-order valence-corrected chi connectivity index (χ0v) is 26.5. The summed E-state index contributed by atoms with van der Waals surface area (Å²) in [5.74, 6) is 1.23. The first-order valence-corrected chi connectivity index (χ1v) is 15.2. The lowest BCUT2D eigenvalue weighted by atomic mass is 10.1. The molecule has 220 valence electrons. The van der Waals surface area contributed by atoms with E-state index in [1.54, 1.807) is 12.1 Å². The van der Waals surface area contributed by atoms with Crippen LogP contribution in [0.5, 0.6) is 11.5 Å². The highest BCUT2D eigenvalue weighted by atomic mass is 79.9. The maximum absolute atomic E-state index is 9.67.